The quantitative estimate of drug-likeness (QED) is 0.670. The number of carbonyl (C=O) groups excluding carboxylic acids is 1. The number of amides is 1. The maximum Gasteiger partial charge on any atom is 0.256 e. The van der Waals surface area contributed by atoms with Gasteiger partial charge in [0.2, 0.25) is 0 Å². The lowest BCUT2D eigenvalue weighted by molar-refractivity contribution is 0.0724. The molecule has 128 valence electrons. The van der Waals surface area contributed by atoms with Crippen LogP contribution in [0, 0.1) is 12.8 Å². The molecular weight excluding hydrogens is 308 g/mol. The summed E-state index contributed by atoms with van der Waals surface area (Å²) >= 11 is 0. The van der Waals surface area contributed by atoms with Crippen LogP contribution in [0.4, 0.5) is 0 Å². The maximum absolute atomic E-state index is 13.3. The van der Waals surface area contributed by atoms with Gasteiger partial charge in [0.15, 0.2) is 0 Å². The minimum atomic E-state index is 0.0428. The van der Waals surface area contributed by atoms with Crippen LogP contribution in [0.1, 0.15) is 35.3 Å². The van der Waals surface area contributed by atoms with Crippen molar-refractivity contribution in [1.29, 1.82) is 0 Å². The number of benzene rings is 2. The summed E-state index contributed by atoms with van der Waals surface area (Å²) in [6.07, 6.45) is 1.74. The van der Waals surface area contributed by atoms with Crippen LogP contribution >= 0.6 is 0 Å². The molecule has 0 unspecified atom stereocenters. The van der Waals surface area contributed by atoms with Gasteiger partial charge in [0.25, 0.3) is 5.91 Å². The number of nitrogens with zero attached hydrogens (tertiary/aromatic N) is 2. The molecule has 0 bridgehead atoms. The molecule has 0 fully saturated rings. The van der Waals surface area contributed by atoms with Crippen molar-refractivity contribution in [2.24, 2.45) is 5.92 Å². The van der Waals surface area contributed by atoms with E-state index in [1.807, 2.05) is 47.4 Å². The Morgan fingerprint density at radius 2 is 1.80 bits per heavy atom. The molecule has 0 aliphatic heterocycles. The molecule has 3 rings (SSSR count). The minimum Gasteiger partial charge on any atom is -0.334 e. The van der Waals surface area contributed by atoms with Crippen molar-refractivity contribution in [3.8, 4) is 0 Å². The predicted molar refractivity (Wildman–Crippen MR) is 103 cm³/mol. The zero-order chi connectivity index (χ0) is 17.8. The number of hydrogen-bond donors (Lipinski definition) is 0. The Labute approximate surface area is 149 Å². The number of fused-ring (bicyclic) bond motifs is 1. The minimum absolute atomic E-state index is 0.0428. The van der Waals surface area contributed by atoms with Crippen LogP contribution in [0.2, 0.25) is 0 Å². The van der Waals surface area contributed by atoms with Crippen LogP contribution in [0.15, 0.2) is 60.8 Å². The molecular formula is C22H24N2O. The second-order valence-corrected chi connectivity index (χ2v) is 6.89. The first-order valence-electron chi connectivity index (χ1n) is 8.74. The lowest BCUT2D eigenvalue weighted by atomic mass is 10.0. The fourth-order valence-corrected chi connectivity index (χ4v) is 3.10. The van der Waals surface area contributed by atoms with Gasteiger partial charge in [0.05, 0.1) is 11.1 Å². The standard InChI is InChI=1S/C22H24N2O/c1-16(2)14-24(15-19-9-5-4-8-17(19)3)22(25)20-12-6-10-18-11-7-13-23-21(18)20/h4-13,16H,14-15H2,1-3H3. The molecule has 3 nitrogen and oxygen atoms in total. The average molecular weight is 332 g/mol. The topological polar surface area (TPSA) is 33.2 Å². The monoisotopic (exact) mass is 332 g/mol. The van der Waals surface area contributed by atoms with E-state index in [-0.39, 0.29) is 5.91 Å². The summed E-state index contributed by atoms with van der Waals surface area (Å²) in [5.41, 5.74) is 3.84. The van der Waals surface area contributed by atoms with Gasteiger partial charge in [-0.25, -0.2) is 0 Å². The maximum atomic E-state index is 13.3. The molecule has 0 saturated heterocycles. The molecule has 0 radical (unpaired) electrons. The van der Waals surface area contributed by atoms with E-state index in [1.165, 1.54) is 11.1 Å². The van der Waals surface area contributed by atoms with Gasteiger partial charge >= 0.3 is 0 Å². The highest BCUT2D eigenvalue weighted by molar-refractivity contribution is 6.05. The summed E-state index contributed by atoms with van der Waals surface area (Å²) in [6.45, 7) is 7.70. The Bertz CT molecular complexity index is 881. The highest BCUT2D eigenvalue weighted by Crippen LogP contribution is 2.20. The number of hydrogen-bond acceptors (Lipinski definition) is 2. The van der Waals surface area contributed by atoms with Crippen LogP contribution in [-0.2, 0) is 6.54 Å². The number of aryl methyl sites for hydroxylation is 1. The van der Waals surface area contributed by atoms with Crippen molar-refractivity contribution in [3.63, 3.8) is 0 Å². The summed E-state index contributed by atoms with van der Waals surface area (Å²) in [6, 6.07) is 17.9. The zero-order valence-electron chi connectivity index (χ0n) is 15.1. The molecule has 25 heavy (non-hydrogen) atoms. The summed E-state index contributed by atoms with van der Waals surface area (Å²) in [5, 5.41) is 0.994. The smallest absolute Gasteiger partial charge is 0.256 e. The third-order valence-electron chi connectivity index (χ3n) is 4.36. The molecule has 0 aliphatic carbocycles. The largest absolute Gasteiger partial charge is 0.334 e. The number of rotatable bonds is 5. The molecule has 1 amide bonds. The molecule has 0 aliphatic rings. The Hall–Kier alpha value is -2.68. The summed E-state index contributed by atoms with van der Waals surface area (Å²) in [4.78, 5) is 19.7. The van der Waals surface area contributed by atoms with Gasteiger partial charge in [-0.15, -0.1) is 0 Å². The second-order valence-electron chi connectivity index (χ2n) is 6.89. The number of aromatic nitrogens is 1. The van der Waals surface area contributed by atoms with E-state index in [0.717, 1.165) is 17.4 Å². The van der Waals surface area contributed by atoms with E-state index in [9.17, 15) is 4.79 Å². The molecule has 3 aromatic rings. The van der Waals surface area contributed by atoms with Gasteiger partial charge in [0, 0.05) is 24.7 Å². The molecule has 2 aromatic carbocycles. The summed E-state index contributed by atoms with van der Waals surface area (Å²) in [5.74, 6) is 0.442. The molecule has 3 heteroatoms. The Kier molecular flexibility index (Phi) is 5.13. The number of carbonyl (C=O) groups is 1. The van der Waals surface area contributed by atoms with E-state index < -0.39 is 0 Å². The van der Waals surface area contributed by atoms with Crippen molar-refractivity contribution in [2.75, 3.05) is 6.54 Å². The van der Waals surface area contributed by atoms with Crippen molar-refractivity contribution in [1.82, 2.24) is 9.88 Å². The fraction of sp³-hybridized carbons (Fsp3) is 0.273. The first-order chi connectivity index (χ1) is 12.1. The van der Waals surface area contributed by atoms with E-state index in [1.54, 1.807) is 6.20 Å². The van der Waals surface area contributed by atoms with E-state index in [0.29, 0.717) is 18.0 Å². The second kappa shape index (κ2) is 7.47. The molecule has 0 spiro atoms. The van der Waals surface area contributed by atoms with Crippen LogP contribution in [-0.4, -0.2) is 22.3 Å². The van der Waals surface area contributed by atoms with Gasteiger partial charge in [-0.2, -0.15) is 0 Å². The first kappa shape index (κ1) is 17.2. The van der Waals surface area contributed by atoms with Gasteiger partial charge in [0.1, 0.15) is 0 Å². The zero-order valence-corrected chi connectivity index (χ0v) is 15.1. The Balaban J connectivity index is 1.98. The van der Waals surface area contributed by atoms with E-state index >= 15 is 0 Å². The molecule has 0 saturated carbocycles. The summed E-state index contributed by atoms with van der Waals surface area (Å²) < 4.78 is 0. The lowest BCUT2D eigenvalue weighted by Crippen LogP contribution is -2.34. The SMILES string of the molecule is Cc1ccccc1CN(CC(C)C)C(=O)c1cccc2cccnc12. The van der Waals surface area contributed by atoms with Crippen molar-refractivity contribution in [3.05, 3.63) is 77.5 Å². The molecule has 0 atom stereocenters. The van der Waals surface area contributed by atoms with Gasteiger partial charge < -0.3 is 4.90 Å². The number of para-hydroxylation sites is 1. The van der Waals surface area contributed by atoms with Gasteiger partial charge in [-0.1, -0.05) is 56.3 Å². The molecule has 1 aromatic heterocycles. The Morgan fingerprint density at radius 1 is 1.04 bits per heavy atom. The van der Waals surface area contributed by atoms with E-state index in [4.69, 9.17) is 0 Å². The van der Waals surface area contributed by atoms with Crippen LogP contribution < -0.4 is 0 Å². The molecule has 1 heterocycles. The highest BCUT2D eigenvalue weighted by atomic mass is 16.2. The normalized spacial score (nSPS) is 11.0. The third-order valence-corrected chi connectivity index (χ3v) is 4.36. The van der Waals surface area contributed by atoms with Crippen molar-refractivity contribution < 1.29 is 4.79 Å². The van der Waals surface area contributed by atoms with Crippen LogP contribution in [0.5, 0.6) is 0 Å². The van der Waals surface area contributed by atoms with Gasteiger partial charge in [-0.3, -0.25) is 9.78 Å². The highest BCUT2D eigenvalue weighted by Gasteiger charge is 2.20. The predicted octanol–water partition coefficient (Wildman–Crippen LogP) is 4.84. The lowest BCUT2D eigenvalue weighted by Gasteiger charge is -2.26. The van der Waals surface area contributed by atoms with Crippen LogP contribution in [0.25, 0.3) is 10.9 Å². The average Bonchev–Trinajstić information content (AvgIpc) is 2.61. The number of pyridine rings is 1. The van der Waals surface area contributed by atoms with Crippen molar-refractivity contribution >= 4 is 16.8 Å². The Morgan fingerprint density at radius 3 is 2.56 bits per heavy atom. The van der Waals surface area contributed by atoms with Gasteiger partial charge in [-0.05, 0) is 36.1 Å². The summed E-state index contributed by atoms with van der Waals surface area (Å²) in [7, 11) is 0. The van der Waals surface area contributed by atoms with E-state index in [2.05, 4.69) is 37.9 Å². The van der Waals surface area contributed by atoms with Crippen molar-refractivity contribution in [2.45, 2.75) is 27.3 Å². The van der Waals surface area contributed by atoms with Crippen LogP contribution in [0.3, 0.4) is 0 Å². The fourth-order valence-electron chi connectivity index (χ4n) is 3.10. The molecule has 0 N–H and O–H groups in total. The first-order valence-corrected chi connectivity index (χ1v) is 8.74. The third kappa shape index (κ3) is 3.87.